The Bertz CT molecular complexity index is 613. The third kappa shape index (κ3) is 1.64. The predicted molar refractivity (Wildman–Crippen MR) is 71.7 cm³/mol. The number of imidazole rings is 1. The molecule has 0 saturated carbocycles. The lowest BCUT2D eigenvalue weighted by Crippen LogP contribution is -2.26. The van der Waals surface area contributed by atoms with Crippen LogP contribution >= 0.6 is 11.3 Å². The minimum absolute atomic E-state index is 0.157. The molecule has 1 unspecified atom stereocenters. The number of nitriles is 1. The normalized spacial score (nSPS) is 18.3. The minimum Gasteiger partial charge on any atom is -0.289 e. The first kappa shape index (κ1) is 11.7. The van der Waals surface area contributed by atoms with Crippen molar-refractivity contribution in [2.75, 3.05) is 13.1 Å². The van der Waals surface area contributed by atoms with Gasteiger partial charge in [-0.3, -0.25) is 9.30 Å². The molecular weight excluding hydrogens is 244 g/mol. The summed E-state index contributed by atoms with van der Waals surface area (Å²) in [6, 6.07) is 2.31. The van der Waals surface area contributed by atoms with Gasteiger partial charge in [0.25, 0.3) is 0 Å². The highest BCUT2D eigenvalue weighted by Gasteiger charge is 2.28. The lowest BCUT2D eigenvalue weighted by molar-refractivity contribution is 0.288. The highest BCUT2D eigenvalue weighted by molar-refractivity contribution is 7.15. The zero-order valence-corrected chi connectivity index (χ0v) is 11.5. The van der Waals surface area contributed by atoms with Crippen molar-refractivity contribution in [3.63, 3.8) is 0 Å². The van der Waals surface area contributed by atoms with Gasteiger partial charge in [-0.25, -0.2) is 4.98 Å². The molecule has 0 amide bonds. The third-order valence-corrected chi connectivity index (χ3v) is 4.58. The smallest absolute Gasteiger partial charge is 0.194 e. The molecule has 0 aromatic carbocycles. The van der Waals surface area contributed by atoms with Crippen LogP contribution in [0.15, 0.2) is 5.38 Å². The molecule has 0 spiro atoms. The summed E-state index contributed by atoms with van der Waals surface area (Å²) in [5.74, 6) is 0. The fourth-order valence-electron chi connectivity index (χ4n) is 2.76. The summed E-state index contributed by atoms with van der Waals surface area (Å²) in [6.45, 7) is 6.13. The number of hydrogen-bond acceptors (Lipinski definition) is 4. The van der Waals surface area contributed by atoms with E-state index in [-0.39, 0.29) is 6.04 Å². The van der Waals surface area contributed by atoms with Gasteiger partial charge in [-0.1, -0.05) is 0 Å². The van der Waals surface area contributed by atoms with Crippen molar-refractivity contribution in [3.05, 3.63) is 22.5 Å². The maximum absolute atomic E-state index is 9.54. The fourth-order valence-corrected chi connectivity index (χ4v) is 3.68. The first-order valence-corrected chi connectivity index (χ1v) is 7.17. The second kappa shape index (κ2) is 4.38. The standard InChI is InChI=1S/C13H16N4S/c1-9-8-18-13-15-10(2)12(17(9)13)11(7-14)16-5-3-4-6-16/h8,11H,3-6H2,1-2H3. The van der Waals surface area contributed by atoms with Crippen molar-refractivity contribution in [3.8, 4) is 6.07 Å². The highest BCUT2D eigenvalue weighted by Crippen LogP contribution is 2.30. The molecule has 2 aromatic rings. The van der Waals surface area contributed by atoms with Crippen LogP contribution in [0.4, 0.5) is 0 Å². The quantitative estimate of drug-likeness (QED) is 0.834. The van der Waals surface area contributed by atoms with E-state index in [0.717, 1.165) is 29.4 Å². The molecule has 3 heterocycles. The van der Waals surface area contributed by atoms with Crippen LogP contribution in [0, 0.1) is 25.2 Å². The van der Waals surface area contributed by atoms with Crippen molar-refractivity contribution >= 4 is 16.3 Å². The lowest BCUT2D eigenvalue weighted by Gasteiger charge is -2.21. The Balaban J connectivity index is 2.14. The van der Waals surface area contributed by atoms with Gasteiger partial charge < -0.3 is 0 Å². The Labute approximate surface area is 110 Å². The molecule has 1 saturated heterocycles. The summed E-state index contributed by atoms with van der Waals surface area (Å²) in [5, 5.41) is 11.6. The topological polar surface area (TPSA) is 44.3 Å². The van der Waals surface area contributed by atoms with Gasteiger partial charge >= 0.3 is 0 Å². The van der Waals surface area contributed by atoms with Gasteiger partial charge in [0.1, 0.15) is 6.04 Å². The van der Waals surface area contributed by atoms with Gasteiger partial charge in [-0.05, 0) is 39.8 Å². The average molecular weight is 260 g/mol. The van der Waals surface area contributed by atoms with E-state index in [4.69, 9.17) is 0 Å². The highest BCUT2D eigenvalue weighted by atomic mass is 32.1. The molecule has 18 heavy (non-hydrogen) atoms. The maximum Gasteiger partial charge on any atom is 0.194 e. The van der Waals surface area contributed by atoms with E-state index in [2.05, 4.69) is 32.7 Å². The van der Waals surface area contributed by atoms with Crippen molar-refractivity contribution in [1.82, 2.24) is 14.3 Å². The van der Waals surface area contributed by atoms with E-state index >= 15 is 0 Å². The van der Waals surface area contributed by atoms with Crippen LogP contribution in [0.1, 0.15) is 36.0 Å². The van der Waals surface area contributed by atoms with Crippen molar-refractivity contribution in [1.29, 1.82) is 5.26 Å². The minimum atomic E-state index is -0.157. The number of rotatable bonds is 2. The Hall–Kier alpha value is -1.38. The van der Waals surface area contributed by atoms with Gasteiger partial charge in [0.15, 0.2) is 4.96 Å². The number of likely N-dealkylation sites (tertiary alicyclic amines) is 1. The number of fused-ring (bicyclic) bond motifs is 1. The van der Waals surface area contributed by atoms with Gasteiger partial charge in [0.2, 0.25) is 0 Å². The van der Waals surface area contributed by atoms with Crippen molar-refractivity contribution in [2.45, 2.75) is 32.7 Å². The summed E-state index contributed by atoms with van der Waals surface area (Å²) in [7, 11) is 0. The molecule has 3 rings (SSSR count). The van der Waals surface area contributed by atoms with E-state index in [0.29, 0.717) is 0 Å². The first-order valence-electron chi connectivity index (χ1n) is 6.29. The van der Waals surface area contributed by atoms with Crippen LogP contribution in [0.5, 0.6) is 0 Å². The molecular formula is C13H16N4S. The van der Waals surface area contributed by atoms with Gasteiger partial charge in [0, 0.05) is 11.1 Å². The lowest BCUT2D eigenvalue weighted by atomic mass is 10.1. The van der Waals surface area contributed by atoms with Crippen LogP contribution < -0.4 is 0 Å². The molecule has 94 valence electrons. The number of hydrogen-bond donors (Lipinski definition) is 0. The average Bonchev–Trinajstić information content (AvgIpc) is 3.03. The van der Waals surface area contributed by atoms with Crippen LogP contribution in [-0.4, -0.2) is 27.4 Å². The van der Waals surface area contributed by atoms with E-state index in [1.165, 1.54) is 18.5 Å². The Kier molecular flexibility index (Phi) is 2.84. The van der Waals surface area contributed by atoms with Crippen LogP contribution in [0.2, 0.25) is 0 Å². The van der Waals surface area contributed by atoms with E-state index < -0.39 is 0 Å². The first-order chi connectivity index (χ1) is 8.72. The van der Waals surface area contributed by atoms with Crippen molar-refractivity contribution in [2.24, 2.45) is 0 Å². The number of aryl methyl sites for hydroxylation is 2. The van der Waals surface area contributed by atoms with Crippen LogP contribution in [0.3, 0.4) is 0 Å². The van der Waals surface area contributed by atoms with Gasteiger partial charge in [0.05, 0.1) is 17.5 Å². The van der Waals surface area contributed by atoms with E-state index in [1.54, 1.807) is 11.3 Å². The summed E-state index contributed by atoms with van der Waals surface area (Å²) in [5.41, 5.74) is 3.22. The van der Waals surface area contributed by atoms with Crippen LogP contribution in [0.25, 0.3) is 4.96 Å². The summed E-state index contributed by atoms with van der Waals surface area (Å²) in [6.07, 6.45) is 2.39. The second-order valence-electron chi connectivity index (χ2n) is 4.85. The second-order valence-corrected chi connectivity index (χ2v) is 5.69. The zero-order valence-electron chi connectivity index (χ0n) is 10.7. The predicted octanol–water partition coefficient (Wildman–Crippen LogP) is 2.67. The SMILES string of the molecule is Cc1nc2scc(C)n2c1C(C#N)N1CCCC1. The van der Waals surface area contributed by atoms with Gasteiger partial charge in [-0.2, -0.15) is 5.26 Å². The Morgan fingerprint density at radius 1 is 1.39 bits per heavy atom. The molecule has 0 aliphatic carbocycles. The summed E-state index contributed by atoms with van der Waals surface area (Å²) >= 11 is 1.64. The summed E-state index contributed by atoms with van der Waals surface area (Å²) < 4.78 is 2.15. The largest absolute Gasteiger partial charge is 0.289 e. The molecule has 0 N–H and O–H groups in total. The monoisotopic (exact) mass is 260 g/mol. The Morgan fingerprint density at radius 2 is 2.11 bits per heavy atom. The number of thiazole rings is 1. The Morgan fingerprint density at radius 3 is 2.78 bits per heavy atom. The molecule has 1 fully saturated rings. The maximum atomic E-state index is 9.54. The molecule has 0 bridgehead atoms. The molecule has 5 heteroatoms. The molecule has 2 aromatic heterocycles. The zero-order chi connectivity index (χ0) is 12.7. The molecule has 0 radical (unpaired) electrons. The summed E-state index contributed by atoms with van der Waals surface area (Å²) in [4.78, 5) is 7.85. The van der Waals surface area contributed by atoms with E-state index in [9.17, 15) is 5.26 Å². The number of nitrogens with zero attached hydrogens (tertiary/aromatic N) is 4. The van der Waals surface area contributed by atoms with Crippen molar-refractivity contribution < 1.29 is 0 Å². The molecule has 4 nitrogen and oxygen atoms in total. The number of aromatic nitrogens is 2. The van der Waals surface area contributed by atoms with Crippen LogP contribution in [-0.2, 0) is 0 Å². The molecule has 1 aliphatic rings. The van der Waals surface area contributed by atoms with Gasteiger partial charge in [-0.15, -0.1) is 11.3 Å². The third-order valence-electron chi connectivity index (χ3n) is 3.64. The van der Waals surface area contributed by atoms with E-state index in [1.807, 2.05) is 6.92 Å². The fraction of sp³-hybridized carbons (Fsp3) is 0.538. The molecule has 1 atom stereocenters. The molecule has 1 aliphatic heterocycles.